The summed E-state index contributed by atoms with van der Waals surface area (Å²) in [6, 6.07) is 4.43. The lowest BCUT2D eigenvalue weighted by atomic mass is 10.1. The molecule has 1 aromatic carbocycles. The minimum atomic E-state index is -0.273. The van der Waals surface area contributed by atoms with E-state index in [2.05, 4.69) is 42.0 Å². The van der Waals surface area contributed by atoms with Crippen molar-refractivity contribution in [2.45, 2.75) is 39.3 Å². The van der Waals surface area contributed by atoms with Crippen molar-refractivity contribution >= 4 is 15.9 Å². The molecule has 1 atom stereocenters. The molecular formula is C13H19BrFNO. The van der Waals surface area contributed by atoms with Crippen LogP contribution in [0, 0.1) is 5.82 Å². The highest BCUT2D eigenvalue weighted by Gasteiger charge is 2.13. The quantitative estimate of drug-likeness (QED) is 0.915. The van der Waals surface area contributed by atoms with Crippen LogP contribution in [0.25, 0.3) is 0 Å². The summed E-state index contributed by atoms with van der Waals surface area (Å²) >= 11 is 3.28. The number of ether oxygens (including phenoxy) is 1. The lowest BCUT2D eigenvalue weighted by molar-refractivity contribution is 0.202. The van der Waals surface area contributed by atoms with Crippen LogP contribution < -0.4 is 10.1 Å². The molecule has 0 fully saturated rings. The van der Waals surface area contributed by atoms with Gasteiger partial charge in [0.25, 0.3) is 0 Å². The number of hydrogen-bond acceptors (Lipinski definition) is 2. The van der Waals surface area contributed by atoms with Gasteiger partial charge in [0.15, 0.2) is 0 Å². The van der Waals surface area contributed by atoms with E-state index in [9.17, 15) is 4.39 Å². The maximum atomic E-state index is 12.9. The topological polar surface area (TPSA) is 21.3 Å². The van der Waals surface area contributed by atoms with Crippen molar-refractivity contribution in [3.63, 3.8) is 0 Å². The Hall–Kier alpha value is -0.610. The Labute approximate surface area is 111 Å². The van der Waals surface area contributed by atoms with Gasteiger partial charge in [-0.1, -0.05) is 0 Å². The molecule has 0 aliphatic carbocycles. The van der Waals surface area contributed by atoms with Crippen molar-refractivity contribution in [2.24, 2.45) is 0 Å². The third-order valence-corrected chi connectivity index (χ3v) is 2.76. The van der Waals surface area contributed by atoms with E-state index in [1.807, 2.05) is 6.92 Å². The van der Waals surface area contributed by atoms with Crippen LogP contribution in [-0.2, 0) is 0 Å². The molecule has 0 spiro atoms. The molecule has 0 aliphatic heterocycles. The largest absolute Gasteiger partial charge is 0.488 e. The third-order valence-electron chi connectivity index (χ3n) is 2.14. The highest BCUT2D eigenvalue weighted by atomic mass is 79.9. The van der Waals surface area contributed by atoms with E-state index in [1.54, 1.807) is 6.07 Å². The van der Waals surface area contributed by atoms with Crippen molar-refractivity contribution in [3.8, 4) is 5.75 Å². The fourth-order valence-electron chi connectivity index (χ4n) is 1.28. The van der Waals surface area contributed by atoms with Gasteiger partial charge in [0.2, 0.25) is 0 Å². The lowest BCUT2D eigenvalue weighted by Gasteiger charge is -2.24. The van der Waals surface area contributed by atoms with Crippen molar-refractivity contribution in [1.29, 1.82) is 0 Å². The van der Waals surface area contributed by atoms with Crippen LogP contribution >= 0.6 is 15.9 Å². The van der Waals surface area contributed by atoms with Crippen molar-refractivity contribution in [3.05, 3.63) is 28.5 Å². The first-order chi connectivity index (χ1) is 7.78. The Morgan fingerprint density at radius 1 is 1.41 bits per heavy atom. The van der Waals surface area contributed by atoms with Gasteiger partial charge in [0, 0.05) is 12.1 Å². The molecule has 1 unspecified atom stereocenters. The standard InChI is InChI=1S/C13H19BrFNO/c1-9(8-16-13(2,3)4)17-12-6-5-10(15)7-11(12)14/h5-7,9,16H,8H2,1-4H3. The molecule has 0 saturated carbocycles. The molecule has 0 heterocycles. The normalized spacial score (nSPS) is 13.5. The number of rotatable bonds is 4. The van der Waals surface area contributed by atoms with Gasteiger partial charge in [0.1, 0.15) is 17.7 Å². The first kappa shape index (κ1) is 14.5. The summed E-state index contributed by atoms with van der Waals surface area (Å²) < 4.78 is 19.2. The van der Waals surface area contributed by atoms with E-state index < -0.39 is 0 Å². The van der Waals surface area contributed by atoms with E-state index in [0.29, 0.717) is 10.2 Å². The van der Waals surface area contributed by atoms with Crippen LogP contribution in [0.5, 0.6) is 5.75 Å². The summed E-state index contributed by atoms with van der Waals surface area (Å²) in [6.45, 7) is 9.04. The van der Waals surface area contributed by atoms with Crippen molar-refractivity contribution < 1.29 is 9.13 Å². The average Bonchev–Trinajstić information content (AvgIpc) is 2.18. The molecule has 0 aromatic heterocycles. The fraction of sp³-hybridized carbons (Fsp3) is 0.538. The molecule has 0 bridgehead atoms. The molecule has 0 aliphatic rings. The van der Waals surface area contributed by atoms with E-state index in [1.165, 1.54) is 12.1 Å². The molecule has 0 saturated heterocycles. The van der Waals surface area contributed by atoms with Crippen LogP contribution in [0.1, 0.15) is 27.7 Å². The van der Waals surface area contributed by atoms with Crippen LogP contribution in [0.3, 0.4) is 0 Å². The molecule has 4 heteroatoms. The second kappa shape index (κ2) is 5.83. The summed E-state index contributed by atoms with van der Waals surface area (Å²) in [4.78, 5) is 0. The second-order valence-electron chi connectivity index (χ2n) is 5.13. The summed E-state index contributed by atoms with van der Waals surface area (Å²) in [5.74, 6) is 0.388. The van der Waals surface area contributed by atoms with Gasteiger partial charge < -0.3 is 10.1 Å². The van der Waals surface area contributed by atoms with Crippen molar-refractivity contribution in [1.82, 2.24) is 5.32 Å². The Morgan fingerprint density at radius 3 is 2.59 bits per heavy atom. The highest BCUT2D eigenvalue weighted by molar-refractivity contribution is 9.10. The summed E-state index contributed by atoms with van der Waals surface area (Å²) in [5.41, 5.74) is 0.0671. The molecule has 1 rings (SSSR count). The van der Waals surface area contributed by atoms with Crippen molar-refractivity contribution in [2.75, 3.05) is 6.54 Å². The predicted molar refractivity (Wildman–Crippen MR) is 71.9 cm³/mol. The second-order valence-corrected chi connectivity index (χ2v) is 5.99. The SMILES string of the molecule is CC(CNC(C)(C)C)Oc1ccc(F)cc1Br. The van der Waals surface area contributed by atoms with E-state index in [-0.39, 0.29) is 17.5 Å². The zero-order valence-electron chi connectivity index (χ0n) is 10.7. The van der Waals surface area contributed by atoms with Crippen LogP contribution in [0.2, 0.25) is 0 Å². The molecule has 1 N–H and O–H groups in total. The molecule has 1 aromatic rings. The summed E-state index contributed by atoms with van der Waals surface area (Å²) in [6.07, 6.45) is 0.0241. The minimum absolute atomic E-state index is 0.0241. The van der Waals surface area contributed by atoms with Gasteiger partial charge in [-0.05, 0) is 61.8 Å². The van der Waals surface area contributed by atoms with Crippen LogP contribution in [0.4, 0.5) is 4.39 Å². The Balaban J connectivity index is 2.53. The summed E-state index contributed by atoms with van der Waals surface area (Å²) in [7, 11) is 0. The molecule has 0 amide bonds. The smallest absolute Gasteiger partial charge is 0.134 e. The summed E-state index contributed by atoms with van der Waals surface area (Å²) in [5, 5.41) is 3.36. The van der Waals surface area contributed by atoms with E-state index in [4.69, 9.17) is 4.74 Å². The lowest BCUT2D eigenvalue weighted by Crippen LogP contribution is -2.41. The Kier molecular flexibility index (Phi) is 4.95. The van der Waals surface area contributed by atoms with Gasteiger partial charge in [-0.2, -0.15) is 0 Å². The monoisotopic (exact) mass is 303 g/mol. The molecule has 2 nitrogen and oxygen atoms in total. The number of hydrogen-bond donors (Lipinski definition) is 1. The van der Waals surface area contributed by atoms with Gasteiger partial charge in [-0.25, -0.2) is 4.39 Å². The fourth-order valence-corrected chi connectivity index (χ4v) is 1.72. The number of benzene rings is 1. The predicted octanol–water partition coefficient (Wildman–Crippen LogP) is 3.74. The number of nitrogens with one attached hydrogen (secondary N) is 1. The zero-order chi connectivity index (χ0) is 13.1. The average molecular weight is 304 g/mol. The Bertz CT molecular complexity index is 376. The van der Waals surface area contributed by atoms with Gasteiger partial charge >= 0.3 is 0 Å². The molecule has 96 valence electrons. The molecular weight excluding hydrogens is 285 g/mol. The Morgan fingerprint density at radius 2 is 2.06 bits per heavy atom. The number of halogens is 2. The van der Waals surface area contributed by atoms with Gasteiger partial charge in [-0.3, -0.25) is 0 Å². The van der Waals surface area contributed by atoms with Crippen LogP contribution in [-0.4, -0.2) is 18.2 Å². The zero-order valence-corrected chi connectivity index (χ0v) is 12.3. The van der Waals surface area contributed by atoms with Gasteiger partial charge in [0.05, 0.1) is 4.47 Å². The van der Waals surface area contributed by atoms with Crippen LogP contribution in [0.15, 0.2) is 22.7 Å². The maximum Gasteiger partial charge on any atom is 0.134 e. The molecule has 0 radical (unpaired) electrons. The first-order valence-corrected chi connectivity index (χ1v) is 6.44. The van der Waals surface area contributed by atoms with E-state index in [0.717, 1.165) is 6.54 Å². The maximum absolute atomic E-state index is 12.9. The third kappa shape index (κ3) is 5.50. The van der Waals surface area contributed by atoms with Gasteiger partial charge in [-0.15, -0.1) is 0 Å². The minimum Gasteiger partial charge on any atom is -0.488 e. The molecule has 17 heavy (non-hydrogen) atoms. The van der Waals surface area contributed by atoms with E-state index >= 15 is 0 Å². The first-order valence-electron chi connectivity index (χ1n) is 5.64. The highest BCUT2D eigenvalue weighted by Crippen LogP contribution is 2.26.